The fraction of sp³-hybridized carbons (Fsp3) is 0.292. The Bertz CT molecular complexity index is 1230. The Labute approximate surface area is 168 Å². The van der Waals surface area contributed by atoms with E-state index in [0.29, 0.717) is 28.7 Å². The number of fused-ring (bicyclic) bond motifs is 4. The number of ketones is 2. The van der Waals surface area contributed by atoms with Crippen molar-refractivity contribution in [3.8, 4) is 5.75 Å². The highest BCUT2D eigenvalue weighted by Gasteiger charge is 2.35. The molecular formula is C24H22O5. The first-order chi connectivity index (χ1) is 13.8. The van der Waals surface area contributed by atoms with E-state index in [9.17, 15) is 14.4 Å². The Balaban J connectivity index is 2.04. The minimum absolute atomic E-state index is 0.142. The summed E-state index contributed by atoms with van der Waals surface area (Å²) in [6.45, 7) is 7.55. The fourth-order valence-corrected chi connectivity index (χ4v) is 3.90. The molecule has 0 amide bonds. The van der Waals surface area contributed by atoms with Crippen molar-refractivity contribution in [2.24, 2.45) is 0 Å². The van der Waals surface area contributed by atoms with Crippen molar-refractivity contribution in [2.75, 3.05) is 0 Å². The van der Waals surface area contributed by atoms with Crippen molar-refractivity contribution >= 4 is 22.5 Å². The lowest BCUT2D eigenvalue weighted by Gasteiger charge is -2.22. The SMILES string of the molecule is CCCc1cc2c(C)cc3c(c2oc1=O)C(=O)c1c(OC(C)C)cccc1C3=O. The third-order valence-corrected chi connectivity index (χ3v) is 5.15. The van der Waals surface area contributed by atoms with E-state index >= 15 is 0 Å². The maximum atomic E-state index is 13.5. The van der Waals surface area contributed by atoms with Crippen LogP contribution in [-0.2, 0) is 6.42 Å². The Morgan fingerprint density at radius 1 is 1.00 bits per heavy atom. The summed E-state index contributed by atoms with van der Waals surface area (Å²) in [6, 6.07) is 8.51. The second-order valence-corrected chi connectivity index (χ2v) is 7.67. The molecule has 148 valence electrons. The Hall–Kier alpha value is -3.21. The molecule has 0 spiro atoms. The van der Waals surface area contributed by atoms with Crippen molar-refractivity contribution in [1.29, 1.82) is 0 Å². The first-order valence-corrected chi connectivity index (χ1v) is 9.82. The van der Waals surface area contributed by atoms with E-state index < -0.39 is 5.63 Å². The summed E-state index contributed by atoms with van der Waals surface area (Å²) in [4.78, 5) is 39.2. The van der Waals surface area contributed by atoms with E-state index in [4.69, 9.17) is 9.15 Å². The topological polar surface area (TPSA) is 73.6 Å². The molecular weight excluding hydrogens is 368 g/mol. The average Bonchev–Trinajstić information content (AvgIpc) is 2.66. The summed E-state index contributed by atoms with van der Waals surface area (Å²) < 4.78 is 11.4. The quantitative estimate of drug-likeness (QED) is 0.476. The highest BCUT2D eigenvalue weighted by atomic mass is 16.5. The van der Waals surface area contributed by atoms with Crippen molar-refractivity contribution < 1.29 is 18.7 Å². The predicted molar refractivity (Wildman–Crippen MR) is 110 cm³/mol. The summed E-state index contributed by atoms with van der Waals surface area (Å²) in [5, 5.41) is 0.679. The summed E-state index contributed by atoms with van der Waals surface area (Å²) in [5.41, 5.74) is 2.01. The molecule has 3 aromatic rings. The van der Waals surface area contributed by atoms with E-state index in [-0.39, 0.29) is 39.9 Å². The van der Waals surface area contributed by atoms with Crippen LogP contribution in [0.15, 0.2) is 39.5 Å². The van der Waals surface area contributed by atoms with E-state index in [0.717, 1.165) is 12.0 Å². The normalized spacial score (nSPS) is 13.0. The van der Waals surface area contributed by atoms with E-state index in [1.807, 2.05) is 27.7 Å². The van der Waals surface area contributed by atoms with Crippen molar-refractivity contribution in [3.05, 3.63) is 74.1 Å². The van der Waals surface area contributed by atoms with Crippen molar-refractivity contribution in [1.82, 2.24) is 0 Å². The van der Waals surface area contributed by atoms with Gasteiger partial charge in [0, 0.05) is 22.1 Å². The smallest absolute Gasteiger partial charge is 0.339 e. The van der Waals surface area contributed by atoms with Gasteiger partial charge in [-0.15, -0.1) is 0 Å². The van der Waals surface area contributed by atoms with Gasteiger partial charge in [-0.25, -0.2) is 4.79 Å². The van der Waals surface area contributed by atoms with Gasteiger partial charge < -0.3 is 9.15 Å². The molecule has 5 heteroatoms. The molecule has 5 nitrogen and oxygen atoms in total. The standard InChI is InChI=1S/C24H22O5/c1-5-7-14-11-16-13(4)10-17-20(23(16)29-24(14)27)22(26)19-15(21(17)25)8-6-9-18(19)28-12(2)3/h6,8-12H,5,7H2,1-4H3. The van der Waals surface area contributed by atoms with E-state index in [2.05, 4.69) is 0 Å². The van der Waals surface area contributed by atoms with E-state index in [1.54, 1.807) is 30.3 Å². The molecule has 0 radical (unpaired) electrons. The number of carbonyl (C=O) groups is 2. The number of rotatable bonds is 4. The van der Waals surface area contributed by atoms with Crippen LogP contribution >= 0.6 is 0 Å². The molecule has 0 aliphatic heterocycles. The highest BCUT2D eigenvalue weighted by molar-refractivity contribution is 6.32. The Kier molecular flexibility index (Phi) is 4.61. The van der Waals surface area contributed by atoms with Gasteiger partial charge in [0.05, 0.1) is 17.2 Å². The molecule has 0 saturated carbocycles. The zero-order valence-corrected chi connectivity index (χ0v) is 16.9. The molecule has 0 N–H and O–H groups in total. The molecule has 0 saturated heterocycles. The number of hydrogen-bond donors (Lipinski definition) is 0. The number of hydrogen-bond acceptors (Lipinski definition) is 5. The maximum Gasteiger partial charge on any atom is 0.339 e. The molecule has 1 aliphatic carbocycles. The number of ether oxygens (including phenoxy) is 1. The van der Waals surface area contributed by atoms with Crippen molar-refractivity contribution in [3.63, 3.8) is 0 Å². The minimum Gasteiger partial charge on any atom is -0.490 e. The lowest BCUT2D eigenvalue weighted by Crippen LogP contribution is -2.24. The van der Waals surface area contributed by atoms with Crippen LogP contribution in [0.2, 0.25) is 0 Å². The van der Waals surface area contributed by atoms with Gasteiger partial charge in [0.2, 0.25) is 5.78 Å². The van der Waals surface area contributed by atoms with Crippen LogP contribution in [-0.4, -0.2) is 17.7 Å². The lowest BCUT2D eigenvalue weighted by atomic mass is 9.81. The summed E-state index contributed by atoms with van der Waals surface area (Å²) in [6.07, 6.45) is 1.24. The zero-order valence-electron chi connectivity index (χ0n) is 16.9. The van der Waals surface area contributed by atoms with Gasteiger partial charge in [0.1, 0.15) is 5.75 Å². The number of benzene rings is 2. The van der Waals surface area contributed by atoms with Crippen LogP contribution in [0.1, 0.15) is 70.2 Å². The minimum atomic E-state index is -0.468. The lowest BCUT2D eigenvalue weighted by molar-refractivity contribution is 0.0974. The van der Waals surface area contributed by atoms with Gasteiger partial charge in [-0.1, -0.05) is 25.5 Å². The molecule has 0 bridgehead atoms. The van der Waals surface area contributed by atoms with Crippen LogP contribution in [0.25, 0.3) is 11.0 Å². The molecule has 2 aromatic carbocycles. The van der Waals surface area contributed by atoms with Crippen LogP contribution in [0, 0.1) is 6.92 Å². The van der Waals surface area contributed by atoms with E-state index in [1.165, 1.54) is 0 Å². The van der Waals surface area contributed by atoms with Gasteiger partial charge in [-0.05, 0) is 51.0 Å². The third-order valence-electron chi connectivity index (χ3n) is 5.15. The summed E-state index contributed by atoms with van der Waals surface area (Å²) in [7, 11) is 0. The van der Waals surface area contributed by atoms with Gasteiger partial charge >= 0.3 is 5.63 Å². The van der Waals surface area contributed by atoms with Gasteiger partial charge in [-0.3, -0.25) is 9.59 Å². The second kappa shape index (κ2) is 6.99. The monoisotopic (exact) mass is 390 g/mol. The highest BCUT2D eigenvalue weighted by Crippen LogP contribution is 2.38. The van der Waals surface area contributed by atoms with Crippen molar-refractivity contribution in [2.45, 2.75) is 46.6 Å². The molecule has 4 rings (SSSR count). The number of aryl methyl sites for hydroxylation is 2. The summed E-state index contributed by atoms with van der Waals surface area (Å²) >= 11 is 0. The average molecular weight is 390 g/mol. The Morgan fingerprint density at radius 3 is 2.45 bits per heavy atom. The molecule has 29 heavy (non-hydrogen) atoms. The van der Waals surface area contributed by atoms with Gasteiger partial charge in [-0.2, -0.15) is 0 Å². The third kappa shape index (κ3) is 2.97. The molecule has 0 atom stereocenters. The first-order valence-electron chi connectivity index (χ1n) is 9.82. The van der Waals surface area contributed by atoms with Crippen LogP contribution in [0.3, 0.4) is 0 Å². The summed E-state index contributed by atoms with van der Waals surface area (Å²) in [5.74, 6) is -0.267. The molecule has 1 aromatic heterocycles. The molecule has 0 fully saturated rings. The Morgan fingerprint density at radius 2 is 1.76 bits per heavy atom. The second-order valence-electron chi connectivity index (χ2n) is 7.67. The largest absolute Gasteiger partial charge is 0.490 e. The zero-order chi connectivity index (χ0) is 20.9. The maximum absolute atomic E-state index is 13.5. The molecule has 0 unspecified atom stereocenters. The fourth-order valence-electron chi connectivity index (χ4n) is 3.90. The van der Waals surface area contributed by atoms with Gasteiger partial charge in [0.25, 0.3) is 0 Å². The molecule has 1 heterocycles. The van der Waals surface area contributed by atoms with Crippen LogP contribution < -0.4 is 10.4 Å². The van der Waals surface area contributed by atoms with Crippen LogP contribution in [0.4, 0.5) is 0 Å². The van der Waals surface area contributed by atoms with Crippen LogP contribution in [0.5, 0.6) is 5.75 Å². The predicted octanol–water partition coefficient (Wildman–Crippen LogP) is 4.62. The van der Waals surface area contributed by atoms with Gasteiger partial charge in [0.15, 0.2) is 11.4 Å². The number of carbonyl (C=O) groups excluding carboxylic acids is 2. The molecule has 1 aliphatic rings. The first kappa shape index (κ1) is 19.1.